The third kappa shape index (κ3) is 3.69. The molecule has 0 aliphatic rings. The molecule has 4 rings (SSSR count). The summed E-state index contributed by atoms with van der Waals surface area (Å²) in [6.45, 7) is 0. The van der Waals surface area contributed by atoms with E-state index >= 15 is 0 Å². The molecule has 0 saturated carbocycles. The molecular weight excluding hydrogens is 360 g/mol. The third-order valence-electron chi connectivity index (χ3n) is 4.72. The summed E-state index contributed by atoms with van der Waals surface area (Å²) in [6, 6.07) is 29.6. The van der Waals surface area contributed by atoms with Gasteiger partial charge in [-0.05, 0) is 29.8 Å². The van der Waals surface area contributed by atoms with Gasteiger partial charge in [-0.1, -0.05) is 72.8 Å². The number of hydrogen-bond donors (Lipinski definition) is 2. The summed E-state index contributed by atoms with van der Waals surface area (Å²) >= 11 is 0. The van der Waals surface area contributed by atoms with Crippen LogP contribution in [0.25, 0.3) is 11.1 Å². The van der Waals surface area contributed by atoms with E-state index in [-0.39, 0.29) is 5.78 Å². The highest BCUT2D eigenvalue weighted by Gasteiger charge is 2.17. The van der Waals surface area contributed by atoms with Crippen LogP contribution in [0.1, 0.15) is 15.9 Å². The molecule has 142 valence electrons. The minimum absolute atomic E-state index is 0.117. The van der Waals surface area contributed by atoms with Crippen LogP contribution in [0.15, 0.2) is 97.1 Å². The number of nitrogen functional groups attached to an aromatic ring is 2. The van der Waals surface area contributed by atoms with Crippen LogP contribution in [-0.2, 0) is 0 Å². The average Bonchev–Trinajstić information content (AvgIpc) is 2.78. The average molecular weight is 380 g/mol. The Kier molecular flexibility index (Phi) is 4.99. The summed E-state index contributed by atoms with van der Waals surface area (Å²) in [5, 5.41) is 0. The predicted molar refractivity (Wildman–Crippen MR) is 117 cm³/mol. The number of rotatable bonds is 5. The van der Waals surface area contributed by atoms with E-state index < -0.39 is 0 Å². The molecule has 0 amide bonds. The maximum absolute atomic E-state index is 12.9. The van der Waals surface area contributed by atoms with Crippen molar-refractivity contribution in [1.82, 2.24) is 0 Å². The normalized spacial score (nSPS) is 10.5. The summed E-state index contributed by atoms with van der Waals surface area (Å²) in [4.78, 5) is 12.9. The Bertz CT molecular complexity index is 1160. The lowest BCUT2D eigenvalue weighted by Crippen LogP contribution is -2.05. The van der Waals surface area contributed by atoms with E-state index in [4.69, 9.17) is 16.2 Å². The Balaban J connectivity index is 1.69. The van der Waals surface area contributed by atoms with Gasteiger partial charge in [0, 0.05) is 11.1 Å². The Morgan fingerprint density at radius 3 is 1.97 bits per heavy atom. The lowest BCUT2D eigenvalue weighted by Gasteiger charge is -2.15. The number of para-hydroxylation sites is 1. The zero-order chi connectivity index (χ0) is 20.2. The van der Waals surface area contributed by atoms with Crippen LogP contribution in [0, 0.1) is 0 Å². The molecule has 4 N–H and O–H groups in total. The van der Waals surface area contributed by atoms with Crippen molar-refractivity contribution in [1.29, 1.82) is 0 Å². The number of anilines is 2. The number of ketones is 1. The molecule has 0 unspecified atom stereocenters. The fourth-order valence-corrected chi connectivity index (χ4v) is 3.18. The van der Waals surface area contributed by atoms with Crippen LogP contribution in [-0.4, -0.2) is 5.78 Å². The minimum atomic E-state index is -0.117. The number of ether oxygens (including phenoxy) is 1. The highest BCUT2D eigenvalue weighted by atomic mass is 16.5. The first kappa shape index (κ1) is 18.3. The Morgan fingerprint density at radius 2 is 1.24 bits per heavy atom. The molecule has 0 radical (unpaired) electrons. The van der Waals surface area contributed by atoms with E-state index in [0.717, 1.165) is 11.1 Å². The van der Waals surface area contributed by atoms with E-state index in [1.54, 1.807) is 36.4 Å². The molecule has 0 spiro atoms. The van der Waals surface area contributed by atoms with Crippen molar-refractivity contribution in [3.8, 4) is 22.6 Å². The third-order valence-corrected chi connectivity index (χ3v) is 4.72. The quantitative estimate of drug-likeness (QED) is 0.352. The first-order chi connectivity index (χ1) is 14.1. The molecule has 0 atom stereocenters. The fraction of sp³-hybridized carbons (Fsp3) is 0. The molecule has 0 heterocycles. The van der Waals surface area contributed by atoms with E-state index in [1.807, 2.05) is 60.7 Å². The molecular formula is C25H20N2O2. The zero-order valence-electron chi connectivity index (χ0n) is 15.7. The molecule has 0 aromatic heterocycles. The summed E-state index contributed by atoms with van der Waals surface area (Å²) in [7, 11) is 0. The number of benzene rings is 4. The van der Waals surface area contributed by atoms with Crippen molar-refractivity contribution in [3.05, 3.63) is 108 Å². The molecule has 4 aromatic rings. The van der Waals surface area contributed by atoms with Crippen LogP contribution in [0.4, 0.5) is 11.4 Å². The predicted octanol–water partition coefficient (Wildman–Crippen LogP) is 5.54. The van der Waals surface area contributed by atoms with Crippen molar-refractivity contribution in [2.75, 3.05) is 11.5 Å². The molecule has 0 aliphatic heterocycles. The molecule has 0 bridgehead atoms. The van der Waals surface area contributed by atoms with Crippen molar-refractivity contribution in [3.63, 3.8) is 0 Å². The van der Waals surface area contributed by atoms with Gasteiger partial charge in [-0.15, -0.1) is 0 Å². The number of carbonyl (C=O) groups is 1. The summed E-state index contributed by atoms with van der Waals surface area (Å²) in [5.74, 6) is 0.726. The van der Waals surface area contributed by atoms with Crippen molar-refractivity contribution in [2.45, 2.75) is 0 Å². The summed E-state index contributed by atoms with van der Waals surface area (Å²) in [5.41, 5.74) is 16.2. The van der Waals surface area contributed by atoms with Crippen LogP contribution in [0.3, 0.4) is 0 Å². The highest BCUT2D eigenvalue weighted by molar-refractivity contribution is 6.10. The van der Waals surface area contributed by atoms with Crippen molar-refractivity contribution >= 4 is 17.2 Å². The van der Waals surface area contributed by atoms with Gasteiger partial charge in [0.05, 0.1) is 16.9 Å². The largest absolute Gasteiger partial charge is 0.454 e. The second kappa shape index (κ2) is 7.90. The van der Waals surface area contributed by atoms with E-state index in [9.17, 15) is 4.79 Å². The van der Waals surface area contributed by atoms with Crippen LogP contribution in [0.2, 0.25) is 0 Å². The van der Waals surface area contributed by atoms with Crippen LogP contribution >= 0.6 is 0 Å². The molecule has 29 heavy (non-hydrogen) atoms. The molecule has 0 aliphatic carbocycles. The topological polar surface area (TPSA) is 78.3 Å². The smallest absolute Gasteiger partial charge is 0.196 e. The Morgan fingerprint density at radius 1 is 0.621 bits per heavy atom. The maximum Gasteiger partial charge on any atom is 0.196 e. The van der Waals surface area contributed by atoms with Gasteiger partial charge >= 0.3 is 0 Å². The minimum Gasteiger partial charge on any atom is -0.454 e. The molecule has 4 nitrogen and oxygen atoms in total. The first-order valence-electron chi connectivity index (χ1n) is 9.25. The lowest BCUT2D eigenvalue weighted by atomic mass is 10.0. The van der Waals surface area contributed by atoms with E-state index in [0.29, 0.717) is 34.0 Å². The Hall–Kier alpha value is -4.05. The van der Waals surface area contributed by atoms with Gasteiger partial charge in [0.1, 0.15) is 5.75 Å². The van der Waals surface area contributed by atoms with Gasteiger partial charge in [0.15, 0.2) is 11.5 Å². The number of carbonyl (C=O) groups excluding carboxylic acids is 1. The number of hydrogen-bond acceptors (Lipinski definition) is 4. The van der Waals surface area contributed by atoms with Crippen LogP contribution in [0.5, 0.6) is 11.5 Å². The fourth-order valence-electron chi connectivity index (χ4n) is 3.18. The van der Waals surface area contributed by atoms with Crippen molar-refractivity contribution in [2.24, 2.45) is 0 Å². The summed E-state index contributed by atoms with van der Waals surface area (Å²) in [6.07, 6.45) is 0. The lowest BCUT2D eigenvalue weighted by molar-refractivity contribution is 0.103. The van der Waals surface area contributed by atoms with Gasteiger partial charge in [-0.25, -0.2) is 0 Å². The van der Waals surface area contributed by atoms with Gasteiger partial charge in [0.2, 0.25) is 0 Å². The van der Waals surface area contributed by atoms with Gasteiger partial charge < -0.3 is 16.2 Å². The van der Waals surface area contributed by atoms with Gasteiger partial charge in [-0.2, -0.15) is 0 Å². The molecule has 4 aromatic carbocycles. The van der Waals surface area contributed by atoms with Crippen molar-refractivity contribution < 1.29 is 9.53 Å². The highest BCUT2D eigenvalue weighted by Crippen LogP contribution is 2.39. The van der Waals surface area contributed by atoms with Gasteiger partial charge in [0.25, 0.3) is 0 Å². The van der Waals surface area contributed by atoms with E-state index in [1.165, 1.54) is 0 Å². The van der Waals surface area contributed by atoms with Gasteiger partial charge in [-0.3, -0.25) is 4.79 Å². The van der Waals surface area contributed by atoms with E-state index in [2.05, 4.69) is 0 Å². The SMILES string of the molecule is Nc1c(Oc2ccccc2C(=O)c2ccccc2)ccc(-c2ccccc2)c1N. The molecule has 4 heteroatoms. The standard InChI is InChI=1S/C25H20N2O2/c26-23-19(17-9-3-1-4-10-17)15-16-22(24(23)27)29-21-14-8-7-13-20(21)25(28)18-11-5-2-6-12-18/h1-16H,26-27H2. The first-order valence-corrected chi connectivity index (χ1v) is 9.25. The second-order valence-corrected chi connectivity index (χ2v) is 6.60. The molecule has 0 fully saturated rings. The zero-order valence-corrected chi connectivity index (χ0v) is 15.7. The van der Waals surface area contributed by atoms with Crippen LogP contribution < -0.4 is 16.2 Å². The monoisotopic (exact) mass is 380 g/mol. The Labute approximate surface area is 169 Å². The second-order valence-electron chi connectivity index (χ2n) is 6.60. The molecule has 0 saturated heterocycles. The maximum atomic E-state index is 12.9. The number of nitrogens with two attached hydrogens (primary N) is 2. The summed E-state index contributed by atoms with van der Waals surface area (Å²) < 4.78 is 6.03.